The van der Waals surface area contributed by atoms with Gasteiger partial charge in [0, 0.05) is 10.6 Å². The highest BCUT2D eigenvalue weighted by molar-refractivity contribution is 6.30. The topological polar surface area (TPSA) is 66.5 Å². The first kappa shape index (κ1) is 14.1. The van der Waals surface area contributed by atoms with E-state index in [2.05, 4.69) is 5.43 Å². The molecular weight excluding hydrogens is 292 g/mol. The molecule has 3 amide bonds. The minimum Gasteiger partial charge on any atom is -0.272 e. The Balaban J connectivity index is 1.75. The average molecular weight is 307 g/mol. The molecule has 5 nitrogen and oxygen atoms in total. The molecule has 110 valence electrons. The molecule has 2 unspecified atom stereocenters. The second kappa shape index (κ2) is 5.48. The summed E-state index contributed by atoms with van der Waals surface area (Å²) in [5.74, 6) is -1.58. The van der Waals surface area contributed by atoms with Crippen molar-refractivity contribution in [1.29, 1.82) is 0 Å². The molecule has 0 spiro atoms. The Kier molecular flexibility index (Phi) is 3.68. The Hall–Kier alpha value is -1.88. The summed E-state index contributed by atoms with van der Waals surface area (Å²) in [6.07, 6.45) is 3.36. The van der Waals surface area contributed by atoms with Crippen LogP contribution in [0.25, 0.3) is 0 Å². The van der Waals surface area contributed by atoms with Crippen LogP contribution in [0.1, 0.15) is 36.0 Å². The lowest BCUT2D eigenvalue weighted by molar-refractivity contribution is -0.142. The van der Waals surface area contributed by atoms with Crippen molar-refractivity contribution in [3.8, 4) is 0 Å². The van der Waals surface area contributed by atoms with Crippen LogP contribution in [-0.4, -0.2) is 22.7 Å². The standard InChI is InChI=1S/C15H15ClN2O3/c16-10-7-5-9(6-8-10)13(19)17-18-14(20)11-3-1-2-4-12(11)15(18)21/h5-8,11-12H,1-4H2,(H,17,19). The Bertz CT molecular complexity index is 575. The second-order valence-electron chi connectivity index (χ2n) is 5.46. The number of hydrogen-bond acceptors (Lipinski definition) is 3. The molecule has 0 bridgehead atoms. The summed E-state index contributed by atoms with van der Waals surface area (Å²) in [7, 11) is 0. The van der Waals surface area contributed by atoms with E-state index >= 15 is 0 Å². The van der Waals surface area contributed by atoms with E-state index in [-0.39, 0.29) is 23.7 Å². The summed E-state index contributed by atoms with van der Waals surface area (Å²) >= 11 is 5.77. The number of nitrogens with one attached hydrogen (secondary N) is 1. The Morgan fingerprint density at radius 1 is 1.05 bits per heavy atom. The van der Waals surface area contributed by atoms with Crippen LogP contribution in [0.4, 0.5) is 0 Å². The highest BCUT2D eigenvalue weighted by Gasteiger charge is 2.49. The Morgan fingerprint density at radius 2 is 1.57 bits per heavy atom. The Morgan fingerprint density at radius 3 is 2.10 bits per heavy atom. The third-order valence-electron chi connectivity index (χ3n) is 4.16. The van der Waals surface area contributed by atoms with Gasteiger partial charge in [-0.25, -0.2) is 0 Å². The summed E-state index contributed by atoms with van der Waals surface area (Å²) in [6.45, 7) is 0. The van der Waals surface area contributed by atoms with Gasteiger partial charge in [0.15, 0.2) is 0 Å². The SMILES string of the molecule is O=C(NN1C(=O)C2CCCCC2C1=O)c1ccc(Cl)cc1. The molecule has 1 N–H and O–H groups in total. The van der Waals surface area contributed by atoms with Gasteiger partial charge in [0.05, 0.1) is 11.8 Å². The quantitative estimate of drug-likeness (QED) is 0.852. The van der Waals surface area contributed by atoms with Gasteiger partial charge in [0.2, 0.25) is 0 Å². The first-order valence-corrected chi connectivity index (χ1v) is 7.40. The summed E-state index contributed by atoms with van der Waals surface area (Å²) in [5, 5.41) is 1.42. The molecule has 1 aliphatic carbocycles. The van der Waals surface area contributed by atoms with Crippen molar-refractivity contribution in [3.05, 3.63) is 34.9 Å². The molecule has 21 heavy (non-hydrogen) atoms. The number of hydrazine groups is 1. The van der Waals surface area contributed by atoms with E-state index in [0.717, 1.165) is 30.7 Å². The third-order valence-corrected chi connectivity index (χ3v) is 4.41. The zero-order valence-corrected chi connectivity index (χ0v) is 12.1. The number of fused-ring (bicyclic) bond motifs is 1. The zero-order chi connectivity index (χ0) is 15.0. The van der Waals surface area contributed by atoms with E-state index in [1.165, 1.54) is 0 Å². The number of nitrogens with zero attached hydrogens (tertiary/aromatic N) is 1. The van der Waals surface area contributed by atoms with Crippen molar-refractivity contribution < 1.29 is 14.4 Å². The molecule has 1 heterocycles. The maximum absolute atomic E-state index is 12.2. The molecule has 2 aliphatic rings. The minimum atomic E-state index is -0.480. The minimum absolute atomic E-state index is 0.267. The molecule has 1 aliphatic heterocycles. The predicted octanol–water partition coefficient (Wildman–Crippen LogP) is 2.16. The largest absolute Gasteiger partial charge is 0.272 e. The zero-order valence-electron chi connectivity index (χ0n) is 11.3. The fourth-order valence-electron chi connectivity index (χ4n) is 3.04. The maximum Gasteiger partial charge on any atom is 0.270 e. The van der Waals surface area contributed by atoms with E-state index < -0.39 is 5.91 Å². The van der Waals surface area contributed by atoms with Gasteiger partial charge in [-0.1, -0.05) is 24.4 Å². The number of carbonyl (C=O) groups is 3. The van der Waals surface area contributed by atoms with Gasteiger partial charge in [-0.2, -0.15) is 5.01 Å². The van der Waals surface area contributed by atoms with Crippen molar-refractivity contribution in [2.45, 2.75) is 25.7 Å². The van der Waals surface area contributed by atoms with Crippen molar-refractivity contribution >= 4 is 29.3 Å². The molecule has 1 saturated carbocycles. The predicted molar refractivity (Wildman–Crippen MR) is 76.2 cm³/mol. The van der Waals surface area contributed by atoms with Gasteiger partial charge in [-0.15, -0.1) is 0 Å². The van der Waals surface area contributed by atoms with Crippen molar-refractivity contribution in [2.75, 3.05) is 0 Å². The highest BCUT2D eigenvalue weighted by Crippen LogP contribution is 2.37. The normalized spacial score (nSPS) is 24.9. The molecule has 2 atom stereocenters. The number of hydrogen-bond donors (Lipinski definition) is 1. The summed E-state index contributed by atoms with van der Waals surface area (Å²) in [4.78, 5) is 36.6. The van der Waals surface area contributed by atoms with Crippen LogP contribution >= 0.6 is 11.6 Å². The number of amides is 3. The van der Waals surface area contributed by atoms with E-state index in [0.29, 0.717) is 10.6 Å². The monoisotopic (exact) mass is 306 g/mol. The summed E-state index contributed by atoms with van der Waals surface area (Å²) < 4.78 is 0. The van der Waals surface area contributed by atoms with Crippen LogP contribution in [0.5, 0.6) is 0 Å². The van der Waals surface area contributed by atoms with E-state index in [1.54, 1.807) is 24.3 Å². The fraction of sp³-hybridized carbons (Fsp3) is 0.400. The summed E-state index contributed by atoms with van der Waals surface area (Å²) in [6, 6.07) is 6.28. The van der Waals surface area contributed by atoms with Crippen molar-refractivity contribution in [3.63, 3.8) is 0 Å². The van der Waals surface area contributed by atoms with Gasteiger partial charge >= 0.3 is 0 Å². The lowest BCUT2D eigenvalue weighted by Gasteiger charge is -2.19. The summed E-state index contributed by atoms with van der Waals surface area (Å²) in [5.41, 5.74) is 2.78. The van der Waals surface area contributed by atoms with Gasteiger partial charge in [0.1, 0.15) is 0 Å². The fourth-order valence-corrected chi connectivity index (χ4v) is 3.17. The molecule has 1 saturated heterocycles. The lowest BCUT2D eigenvalue weighted by atomic mass is 9.81. The van der Waals surface area contributed by atoms with Gasteiger partial charge in [-0.05, 0) is 37.1 Å². The number of benzene rings is 1. The maximum atomic E-state index is 12.2. The second-order valence-corrected chi connectivity index (χ2v) is 5.89. The van der Waals surface area contributed by atoms with Gasteiger partial charge < -0.3 is 0 Å². The van der Waals surface area contributed by atoms with E-state index in [9.17, 15) is 14.4 Å². The molecule has 2 fully saturated rings. The lowest BCUT2D eigenvalue weighted by Crippen LogP contribution is -2.46. The average Bonchev–Trinajstić information content (AvgIpc) is 2.73. The third kappa shape index (κ3) is 2.53. The van der Waals surface area contributed by atoms with Crippen LogP contribution in [0.3, 0.4) is 0 Å². The van der Waals surface area contributed by atoms with Crippen molar-refractivity contribution in [1.82, 2.24) is 10.4 Å². The molecule has 1 aromatic carbocycles. The van der Waals surface area contributed by atoms with Gasteiger partial charge in [0.25, 0.3) is 17.7 Å². The van der Waals surface area contributed by atoms with Crippen LogP contribution < -0.4 is 5.43 Å². The van der Waals surface area contributed by atoms with E-state index in [1.807, 2.05) is 0 Å². The number of carbonyl (C=O) groups excluding carboxylic acids is 3. The number of imide groups is 1. The van der Waals surface area contributed by atoms with Crippen LogP contribution in [0.15, 0.2) is 24.3 Å². The first-order chi connectivity index (χ1) is 10.1. The van der Waals surface area contributed by atoms with Crippen LogP contribution in [0.2, 0.25) is 5.02 Å². The number of halogens is 1. The molecule has 0 radical (unpaired) electrons. The molecule has 6 heteroatoms. The van der Waals surface area contributed by atoms with Crippen molar-refractivity contribution in [2.24, 2.45) is 11.8 Å². The first-order valence-electron chi connectivity index (χ1n) is 7.02. The number of rotatable bonds is 2. The molecule has 0 aromatic heterocycles. The van der Waals surface area contributed by atoms with Crippen LogP contribution in [0, 0.1) is 11.8 Å². The van der Waals surface area contributed by atoms with Gasteiger partial charge in [-0.3, -0.25) is 19.8 Å². The smallest absolute Gasteiger partial charge is 0.270 e. The Labute approximate surface area is 127 Å². The molecular formula is C15H15ClN2O3. The highest BCUT2D eigenvalue weighted by atomic mass is 35.5. The molecule has 3 rings (SSSR count). The molecule has 1 aromatic rings. The van der Waals surface area contributed by atoms with E-state index in [4.69, 9.17) is 11.6 Å². The van der Waals surface area contributed by atoms with Crippen LogP contribution in [-0.2, 0) is 9.59 Å².